The monoisotopic (exact) mass is 491 g/mol. The first kappa shape index (κ1) is 17.0. The van der Waals surface area contributed by atoms with Crippen LogP contribution in [-0.4, -0.2) is 21.5 Å². The number of amides is 1. The zero-order valence-electron chi connectivity index (χ0n) is 12.9. The van der Waals surface area contributed by atoms with Crippen LogP contribution in [0.15, 0.2) is 30.3 Å². The molecule has 3 unspecified atom stereocenters. The first-order valence-electron chi connectivity index (χ1n) is 7.49. The summed E-state index contributed by atoms with van der Waals surface area (Å²) in [5, 5.41) is 0. The maximum Gasteiger partial charge on any atom is 0.234 e. The Kier molecular flexibility index (Phi) is 4.10. The van der Waals surface area contributed by atoms with Gasteiger partial charge in [0.2, 0.25) is 5.91 Å². The van der Waals surface area contributed by atoms with E-state index in [1.54, 1.807) is 0 Å². The average Bonchev–Trinajstić information content (AvgIpc) is 2.96. The Labute approximate surface area is 157 Å². The van der Waals surface area contributed by atoms with Gasteiger partial charge in [0.1, 0.15) is 0 Å². The SMILES string of the molecule is CN(C(=O)C12CCC(C(Br)Br)(C1Br)C2(C)C)c1ccccc1. The largest absolute Gasteiger partial charge is 0.315 e. The van der Waals surface area contributed by atoms with Crippen molar-refractivity contribution in [3.63, 3.8) is 0 Å². The minimum atomic E-state index is -0.336. The van der Waals surface area contributed by atoms with Gasteiger partial charge in [0.25, 0.3) is 0 Å². The second-order valence-electron chi connectivity index (χ2n) is 7.00. The highest BCUT2D eigenvalue weighted by molar-refractivity contribution is 9.24. The van der Waals surface area contributed by atoms with Crippen molar-refractivity contribution >= 4 is 59.4 Å². The molecule has 0 saturated heterocycles. The van der Waals surface area contributed by atoms with E-state index in [4.69, 9.17) is 0 Å². The molecule has 2 nitrogen and oxygen atoms in total. The molecule has 2 bridgehead atoms. The Bertz CT molecular complexity index is 603. The number of para-hydroxylation sites is 1. The van der Waals surface area contributed by atoms with Crippen molar-refractivity contribution in [3.05, 3.63) is 30.3 Å². The quantitative estimate of drug-likeness (QED) is 0.521. The Balaban J connectivity index is 1.98. The van der Waals surface area contributed by atoms with Gasteiger partial charge in [-0.25, -0.2) is 0 Å². The van der Waals surface area contributed by atoms with Crippen LogP contribution in [0.25, 0.3) is 0 Å². The molecule has 0 heterocycles. The smallest absolute Gasteiger partial charge is 0.234 e. The third-order valence-electron chi connectivity index (χ3n) is 6.32. The van der Waals surface area contributed by atoms with Crippen LogP contribution < -0.4 is 4.90 Å². The van der Waals surface area contributed by atoms with Gasteiger partial charge in [-0.05, 0) is 30.4 Å². The fraction of sp³-hybridized carbons (Fsp3) is 0.588. The summed E-state index contributed by atoms with van der Waals surface area (Å²) in [7, 11) is 1.89. The summed E-state index contributed by atoms with van der Waals surface area (Å²) in [4.78, 5) is 15.4. The molecule has 1 aromatic rings. The highest BCUT2D eigenvalue weighted by Gasteiger charge is 2.83. The molecular formula is C17H20Br3NO. The van der Waals surface area contributed by atoms with Crippen LogP contribution in [0.5, 0.6) is 0 Å². The summed E-state index contributed by atoms with van der Waals surface area (Å²) in [5.41, 5.74) is 0.625. The molecule has 3 atom stereocenters. The lowest BCUT2D eigenvalue weighted by Gasteiger charge is -2.66. The lowest BCUT2D eigenvalue weighted by atomic mass is 9.43. The summed E-state index contributed by atoms with van der Waals surface area (Å²) < 4.78 is 0.206. The molecule has 1 amide bonds. The van der Waals surface area contributed by atoms with Gasteiger partial charge in [0.15, 0.2) is 0 Å². The minimum absolute atomic E-state index is 0.0635. The molecular weight excluding hydrogens is 474 g/mol. The van der Waals surface area contributed by atoms with Gasteiger partial charge in [-0.3, -0.25) is 4.79 Å². The highest BCUT2D eigenvalue weighted by atomic mass is 79.9. The molecule has 0 aromatic heterocycles. The molecule has 0 N–H and O–H groups in total. The van der Waals surface area contributed by atoms with Crippen molar-refractivity contribution < 1.29 is 4.79 Å². The Morgan fingerprint density at radius 3 is 2.27 bits per heavy atom. The van der Waals surface area contributed by atoms with Gasteiger partial charge in [0.05, 0.1) is 9.15 Å². The number of carbonyl (C=O) groups is 1. The second kappa shape index (κ2) is 5.32. The average molecular weight is 494 g/mol. The standard InChI is InChI=1S/C17H20Br3NO/c1-15(2)16(13(19)20)9-10-17(15,12(16)18)14(22)21(3)11-7-5-4-6-8-11/h4-8,12-13H,9-10H2,1-3H3. The molecule has 3 aliphatic rings. The fourth-order valence-electron chi connectivity index (χ4n) is 4.74. The lowest BCUT2D eigenvalue weighted by molar-refractivity contribution is -0.158. The van der Waals surface area contributed by atoms with E-state index in [2.05, 4.69) is 61.6 Å². The van der Waals surface area contributed by atoms with E-state index in [1.807, 2.05) is 42.3 Å². The lowest BCUT2D eigenvalue weighted by Crippen LogP contribution is -2.72. The number of alkyl halides is 3. The Hall–Kier alpha value is 0.130. The molecule has 0 spiro atoms. The number of carbonyl (C=O) groups excluding carboxylic acids is 1. The summed E-state index contributed by atoms with van der Waals surface area (Å²) in [6, 6.07) is 9.90. The number of halogens is 3. The number of benzene rings is 1. The number of hydrogen-bond donors (Lipinski definition) is 0. The van der Waals surface area contributed by atoms with Crippen molar-refractivity contribution in [1.29, 1.82) is 0 Å². The third-order valence-corrected chi connectivity index (χ3v) is 9.55. The maximum atomic E-state index is 13.4. The molecule has 120 valence electrons. The predicted molar refractivity (Wildman–Crippen MR) is 102 cm³/mol. The van der Waals surface area contributed by atoms with Gasteiger partial charge in [-0.1, -0.05) is 79.8 Å². The van der Waals surface area contributed by atoms with Crippen LogP contribution in [0.1, 0.15) is 26.7 Å². The van der Waals surface area contributed by atoms with Crippen LogP contribution in [0.3, 0.4) is 0 Å². The zero-order chi connectivity index (χ0) is 16.3. The molecule has 1 aromatic carbocycles. The summed E-state index contributed by atoms with van der Waals surface area (Å²) >= 11 is 11.3. The van der Waals surface area contributed by atoms with E-state index in [0.29, 0.717) is 0 Å². The summed E-state index contributed by atoms with van der Waals surface area (Å²) in [6.07, 6.45) is 1.98. The minimum Gasteiger partial charge on any atom is -0.315 e. The number of hydrogen-bond acceptors (Lipinski definition) is 1. The van der Waals surface area contributed by atoms with Crippen LogP contribution in [0.2, 0.25) is 0 Å². The fourth-order valence-corrected chi connectivity index (χ4v) is 9.64. The van der Waals surface area contributed by atoms with Crippen LogP contribution >= 0.6 is 47.8 Å². The number of rotatable bonds is 3. The predicted octanol–water partition coefficient (Wildman–Crippen LogP) is 5.34. The topological polar surface area (TPSA) is 20.3 Å². The first-order chi connectivity index (χ1) is 10.2. The van der Waals surface area contributed by atoms with Crippen molar-refractivity contribution in [2.24, 2.45) is 16.2 Å². The van der Waals surface area contributed by atoms with Gasteiger partial charge < -0.3 is 4.90 Å². The van der Waals surface area contributed by atoms with Crippen molar-refractivity contribution in [2.75, 3.05) is 11.9 Å². The molecule has 0 aliphatic heterocycles. The molecule has 0 radical (unpaired) electrons. The number of nitrogens with zero attached hydrogens (tertiary/aromatic N) is 1. The number of fused-ring (bicyclic) bond motifs is 1. The van der Waals surface area contributed by atoms with Crippen molar-refractivity contribution in [3.8, 4) is 0 Å². The molecule has 3 aliphatic carbocycles. The highest BCUT2D eigenvalue weighted by Crippen LogP contribution is 2.82. The van der Waals surface area contributed by atoms with E-state index >= 15 is 0 Å². The maximum absolute atomic E-state index is 13.4. The van der Waals surface area contributed by atoms with Crippen LogP contribution in [0, 0.1) is 16.2 Å². The Morgan fingerprint density at radius 2 is 1.82 bits per heavy atom. The van der Waals surface area contributed by atoms with Crippen molar-refractivity contribution in [1.82, 2.24) is 0 Å². The molecule has 3 fully saturated rings. The van der Waals surface area contributed by atoms with Gasteiger partial charge in [-0.15, -0.1) is 0 Å². The van der Waals surface area contributed by atoms with E-state index in [1.165, 1.54) is 0 Å². The zero-order valence-corrected chi connectivity index (χ0v) is 17.7. The normalized spacial score (nSPS) is 35.3. The molecule has 5 heteroatoms. The van der Waals surface area contributed by atoms with Gasteiger partial charge in [-0.2, -0.15) is 0 Å². The Morgan fingerprint density at radius 1 is 1.23 bits per heavy atom. The summed E-state index contributed by atoms with van der Waals surface area (Å²) in [6.45, 7) is 4.48. The van der Waals surface area contributed by atoms with Crippen LogP contribution in [-0.2, 0) is 4.79 Å². The molecule has 22 heavy (non-hydrogen) atoms. The van der Waals surface area contributed by atoms with E-state index in [0.717, 1.165) is 18.5 Å². The van der Waals surface area contributed by atoms with E-state index in [-0.39, 0.29) is 30.7 Å². The molecule has 3 saturated carbocycles. The van der Waals surface area contributed by atoms with E-state index < -0.39 is 0 Å². The molecule has 4 rings (SSSR count). The second-order valence-corrected chi connectivity index (χ2v) is 11.0. The van der Waals surface area contributed by atoms with Crippen molar-refractivity contribution in [2.45, 2.75) is 35.3 Å². The third kappa shape index (κ3) is 1.74. The van der Waals surface area contributed by atoms with Gasteiger partial charge >= 0.3 is 0 Å². The first-order valence-corrected chi connectivity index (χ1v) is 10.2. The van der Waals surface area contributed by atoms with Gasteiger partial charge in [0, 0.05) is 23.0 Å². The summed E-state index contributed by atoms with van der Waals surface area (Å²) in [5.74, 6) is 0.222. The van der Waals surface area contributed by atoms with Crippen LogP contribution in [0.4, 0.5) is 5.69 Å². The number of anilines is 1. The van der Waals surface area contributed by atoms with E-state index in [9.17, 15) is 4.79 Å².